The van der Waals surface area contributed by atoms with Gasteiger partial charge in [0, 0.05) is 56.4 Å². The van der Waals surface area contributed by atoms with E-state index < -0.39 is 0 Å². The fraction of sp³-hybridized carbons (Fsp3) is 0.500. The molecule has 24 heavy (non-hydrogen) atoms. The molecule has 1 aliphatic rings. The van der Waals surface area contributed by atoms with Crippen LogP contribution < -0.4 is 10.2 Å². The maximum absolute atomic E-state index is 12.3. The number of urea groups is 1. The highest BCUT2D eigenvalue weighted by atomic mass is 32.1. The average molecular weight is 346 g/mol. The van der Waals surface area contributed by atoms with E-state index in [9.17, 15) is 4.79 Å². The summed E-state index contributed by atoms with van der Waals surface area (Å²) in [5.74, 6) is 0.874. The van der Waals surface area contributed by atoms with Gasteiger partial charge in [-0.1, -0.05) is 0 Å². The van der Waals surface area contributed by atoms with Gasteiger partial charge < -0.3 is 15.1 Å². The molecule has 2 amide bonds. The SMILES string of the molecule is Cc1cnc(CCNC(=O)N2CCCN(c3cccnn3)CC2)s1. The Bertz CT molecular complexity index is 662. The zero-order valence-corrected chi connectivity index (χ0v) is 14.6. The number of nitrogens with zero attached hydrogens (tertiary/aromatic N) is 5. The molecule has 0 radical (unpaired) electrons. The lowest BCUT2D eigenvalue weighted by molar-refractivity contribution is 0.201. The molecule has 2 aromatic heterocycles. The van der Waals surface area contributed by atoms with E-state index >= 15 is 0 Å². The molecular weight excluding hydrogens is 324 g/mol. The minimum atomic E-state index is 0.00396. The fourth-order valence-electron chi connectivity index (χ4n) is 2.72. The van der Waals surface area contributed by atoms with Crippen LogP contribution in [0.2, 0.25) is 0 Å². The number of thiazole rings is 1. The minimum Gasteiger partial charge on any atom is -0.353 e. The van der Waals surface area contributed by atoms with E-state index in [1.54, 1.807) is 17.5 Å². The van der Waals surface area contributed by atoms with E-state index in [4.69, 9.17) is 0 Å². The van der Waals surface area contributed by atoms with E-state index in [0.29, 0.717) is 13.1 Å². The van der Waals surface area contributed by atoms with Crippen LogP contribution in [0.25, 0.3) is 0 Å². The molecule has 3 rings (SSSR count). The van der Waals surface area contributed by atoms with Crippen molar-refractivity contribution in [2.75, 3.05) is 37.6 Å². The zero-order valence-electron chi connectivity index (χ0n) is 13.8. The van der Waals surface area contributed by atoms with Crippen molar-refractivity contribution in [2.24, 2.45) is 0 Å². The molecular formula is C16H22N6OS. The third-order valence-corrected chi connectivity index (χ3v) is 4.92. The maximum atomic E-state index is 12.3. The first-order valence-electron chi connectivity index (χ1n) is 8.19. The number of aromatic nitrogens is 3. The van der Waals surface area contributed by atoms with Crippen molar-refractivity contribution in [1.29, 1.82) is 0 Å². The number of carbonyl (C=O) groups excluding carboxylic acids is 1. The van der Waals surface area contributed by atoms with Gasteiger partial charge >= 0.3 is 6.03 Å². The Hall–Kier alpha value is -2.22. The smallest absolute Gasteiger partial charge is 0.317 e. The van der Waals surface area contributed by atoms with E-state index in [0.717, 1.165) is 43.3 Å². The Balaban J connectivity index is 1.46. The summed E-state index contributed by atoms with van der Waals surface area (Å²) in [6.07, 6.45) is 5.25. The molecule has 0 aliphatic carbocycles. The van der Waals surface area contributed by atoms with Gasteiger partial charge in [0.05, 0.1) is 5.01 Å². The predicted molar refractivity (Wildman–Crippen MR) is 94.4 cm³/mol. The van der Waals surface area contributed by atoms with Gasteiger partial charge in [-0.05, 0) is 25.5 Å². The van der Waals surface area contributed by atoms with Crippen LogP contribution in [0.1, 0.15) is 16.3 Å². The van der Waals surface area contributed by atoms with Crippen LogP contribution in [-0.2, 0) is 6.42 Å². The molecule has 0 unspecified atom stereocenters. The predicted octanol–water partition coefficient (Wildman–Crippen LogP) is 1.71. The van der Waals surface area contributed by atoms with E-state index in [2.05, 4.69) is 25.4 Å². The standard InChI is InChI=1S/C16H22N6OS/c1-13-12-18-15(24-13)5-7-17-16(23)22-9-3-8-21(10-11-22)14-4-2-6-19-20-14/h2,4,6,12H,3,5,7-11H2,1H3,(H,17,23). The second-order valence-corrected chi connectivity index (χ2v) is 7.08. The largest absolute Gasteiger partial charge is 0.353 e. The van der Waals surface area contributed by atoms with Gasteiger partial charge in [-0.15, -0.1) is 16.4 Å². The maximum Gasteiger partial charge on any atom is 0.317 e. The highest BCUT2D eigenvalue weighted by molar-refractivity contribution is 7.11. The fourth-order valence-corrected chi connectivity index (χ4v) is 3.50. The van der Waals surface area contributed by atoms with Crippen molar-refractivity contribution in [3.05, 3.63) is 34.4 Å². The monoisotopic (exact) mass is 346 g/mol. The summed E-state index contributed by atoms with van der Waals surface area (Å²) < 4.78 is 0. The van der Waals surface area contributed by atoms with Gasteiger partial charge in [0.15, 0.2) is 5.82 Å². The number of carbonyl (C=O) groups is 1. The van der Waals surface area contributed by atoms with Crippen molar-refractivity contribution in [2.45, 2.75) is 19.8 Å². The zero-order chi connectivity index (χ0) is 16.8. The number of amides is 2. The third-order valence-electron chi connectivity index (χ3n) is 3.95. The molecule has 0 atom stereocenters. The van der Waals surface area contributed by atoms with E-state index in [1.165, 1.54) is 4.88 Å². The molecule has 1 aliphatic heterocycles. The number of aryl methyl sites for hydroxylation is 1. The highest BCUT2D eigenvalue weighted by Gasteiger charge is 2.19. The van der Waals surface area contributed by atoms with Gasteiger partial charge in [-0.25, -0.2) is 9.78 Å². The second-order valence-electron chi connectivity index (χ2n) is 5.76. The van der Waals surface area contributed by atoms with Crippen molar-refractivity contribution in [3.63, 3.8) is 0 Å². The average Bonchev–Trinajstić information content (AvgIpc) is 2.86. The van der Waals surface area contributed by atoms with Gasteiger partial charge in [0.25, 0.3) is 0 Å². The molecule has 0 aromatic carbocycles. The number of hydrogen-bond acceptors (Lipinski definition) is 6. The minimum absolute atomic E-state index is 0.00396. The number of nitrogens with one attached hydrogen (secondary N) is 1. The van der Waals surface area contributed by atoms with Gasteiger partial charge in [0.1, 0.15) is 0 Å². The van der Waals surface area contributed by atoms with Crippen molar-refractivity contribution in [1.82, 2.24) is 25.4 Å². The van der Waals surface area contributed by atoms with Crippen molar-refractivity contribution in [3.8, 4) is 0 Å². The first-order valence-corrected chi connectivity index (χ1v) is 9.01. The van der Waals surface area contributed by atoms with Gasteiger partial charge in [-0.2, -0.15) is 5.10 Å². The van der Waals surface area contributed by atoms with E-state index in [-0.39, 0.29) is 6.03 Å². The van der Waals surface area contributed by atoms with Crippen LogP contribution in [0.15, 0.2) is 24.5 Å². The molecule has 1 fully saturated rings. The summed E-state index contributed by atoms with van der Waals surface area (Å²) in [5, 5.41) is 12.1. The molecule has 0 spiro atoms. The Morgan fingerprint density at radius 1 is 1.33 bits per heavy atom. The molecule has 1 N–H and O–H groups in total. The van der Waals surface area contributed by atoms with Crippen LogP contribution in [-0.4, -0.2) is 58.8 Å². The number of rotatable bonds is 4. The molecule has 0 bridgehead atoms. The molecule has 2 aromatic rings. The number of anilines is 1. The summed E-state index contributed by atoms with van der Waals surface area (Å²) in [6, 6.07) is 3.85. The lowest BCUT2D eigenvalue weighted by Gasteiger charge is -2.22. The first kappa shape index (κ1) is 16.6. The molecule has 7 nitrogen and oxygen atoms in total. The van der Waals surface area contributed by atoms with Gasteiger partial charge in [-0.3, -0.25) is 0 Å². The molecule has 0 saturated carbocycles. The summed E-state index contributed by atoms with van der Waals surface area (Å²) in [7, 11) is 0. The Morgan fingerprint density at radius 3 is 3.00 bits per heavy atom. The highest BCUT2D eigenvalue weighted by Crippen LogP contribution is 2.13. The molecule has 8 heteroatoms. The van der Waals surface area contributed by atoms with E-state index in [1.807, 2.05) is 30.2 Å². The van der Waals surface area contributed by atoms with Crippen LogP contribution in [0.5, 0.6) is 0 Å². The normalized spacial score (nSPS) is 15.2. The Kier molecular flexibility index (Phi) is 5.58. The topological polar surface area (TPSA) is 74.2 Å². The van der Waals surface area contributed by atoms with Crippen LogP contribution in [0.4, 0.5) is 10.6 Å². The summed E-state index contributed by atoms with van der Waals surface area (Å²) >= 11 is 1.68. The molecule has 3 heterocycles. The molecule has 128 valence electrons. The van der Waals surface area contributed by atoms with Crippen LogP contribution in [0.3, 0.4) is 0 Å². The Labute approximate surface area is 145 Å². The number of hydrogen-bond donors (Lipinski definition) is 1. The lowest BCUT2D eigenvalue weighted by atomic mass is 10.4. The summed E-state index contributed by atoms with van der Waals surface area (Å²) in [5.41, 5.74) is 0. The first-order chi connectivity index (χ1) is 11.7. The molecule has 1 saturated heterocycles. The summed E-state index contributed by atoms with van der Waals surface area (Å²) in [6.45, 7) is 5.78. The van der Waals surface area contributed by atoms with Crippen LogP contribution in [0, 0.1) is 6.92 Å². The lowest BCUT2D eigenvalue weighted by Crippen LogP contribution is -2.42. The second kappa shape index (κ2) is 8.05. The Morgan fingerprint density at radius 2 is 2.25 bits per heavy atom. The van der Waals surface area contributed by atoms with Crippen molar-refractivity contribution < 1.29 is 4.79 Å². The van der Waals surface area contributed by atoms with Gasteiger partial charge in [0.2, 0.25) is 0 Å². The summed E-state index contributed by atoms with van der Waals surface area (Å²) in [4.78, 5) is 21.9. The third kappa shape index (κ3) is 4.41. The quantitative estimate of drug-likeness (QED) is 0.912. The van der Waals surface area contributed by atoms with Crippen LogP contribution >= 0.6 is 11.3 Å². The van der Waals surface area contributed by atoms with Crippen molar-refractivity contribution >= 4 is 23.2 Å².